The van der Waals surface area contributed by atoms with Gasteiger partial charge in [-0.25, -0.2) is 4.98 Å². The second-order valence-electron chi connectivity index (χ2n) is 5.76. The van der Waals surface area contributed by atoms with Crippen LogP contribution in [0.4, 0.5) is 5.82 Å². The Morgan fingerprint density at radius 2 is 2.19 bits per heavy atom. The minimum atomic E-state index is -0.438. The van der Waals surface area contributed by atoms with Crippen molar-refractivity contribution in [2.45, 2.75) is 19.4 Å². The smallest absolute Gasteiger partial charge is 0.252 e. The molecule has 1 saturated heterocycles. The molecule has 2 atom stereocenters. The first kappa shape index (κ1) is 13.8. The standard InChI is InChI=1S/C16H20N4O/c1-10-6-11(8-17)9-20(10)16-13(15(18)21)7-12-4-2-3-5-14(12)19-16/h2-5,7,10-11H,6,8-9,17H2,1H3,(H2,18,21). The van der Waals surface area contributed by atoms with Crippen molar-refractivity contribution in [3.05, 3.63) is 35.9 Å². The molecule has 3 rings (SSSR count). The lowest BCUT2D eigenvalue weighted by Crippen LogP contribution is -2.31. The molecule has 1 fully saturated rings. The summed E-state index contributed by atoms with van der Waals surface area (Å²) in [6.07, 6.45) is 1.02. The molecule has 1 aromatic carbocycles. The Bertz CT molecular complexity index is 685. The number of primary amides is 1. The normalized spacial score (nSPS) is 21.9. The molecule has 0 aliphatic carbocycles. The van der Waals surface area contributed by atoms with Gasteiger partial charge in [-0.05, 0) is 37.9 Å². The van der Waals surface area contributed by atoms with Gasteiger partial charge < -0.3 is 16.4 Å². The lowest BCUT2D eigenvalue weighted by Gasteiger charge is -2.25. The summed E-state index contributed by atoms with van der Waals surface area (Å²) in [5.74, 6) is 0.685. The number of fused-ring (bicyclic) bond motifs is 1. The zero-order chi connectivity index (χ0) is 15.0. The Morgan fingerprint density at radius 3 is 2.86 bits per heavy atom. The summed E-state index contributed by atoms with van der Waals surface area (Å²) in [6.45, 7) is 3.61. The maximum Gasteiger partial charge on any atom is 0.252 e. The van der Waals surface area contributed by atoms with Crippen molar-refractivity contribution in [3.63, 3.8) is 0 Å². The molecule has 5 heteroatoms. The zero-order valence-electron chi connectivity index (χ0n) is 12.1. The minimum absolute atomic E-state index is 0.310. The third kappa shape index (κ3) is 2.45. The number of rotatable bonds is 3. The first-order valence-electron chi connectivity index (χ1n) is 7.26. The zero-order valence-corrected chi connectivity index (χ0v) is 12.1. The van der Waals surface area contributed by atoms with E-state index in [1.54, 1.807) is 0 Å². The van der Waals surface area contributed by atoms with E-state index >= 15 is 0 Å². The molecule has 21 heavy (non-hydrogen) atoms. The summed E-state index contributed by atoms with van der Waals surface area (Å²) >= 11 is 0. The molecule has 2 aromatic rings. The van der Waals surface area contributed by atoms with Gasteiger partial charge in [0.05, 0.1) is 11.1 Å². The SMILES string of the molecule is CC1CC(CN)CN1c1nc2ccccc2cc1C(N)=O. The van der Waals surface area contributed by atoms with Crippen LogP contribution in [0.1, 0.15) is 23.7 Å². The Kier molecular flexibility index (Phi) is 3.51. The van der Waals surface area contributed by atoms with Gasteiger partial charge in [0, 0.05) is 18.0 Å². The summed E-state index contributed by atoms with van der Waals surface area (Å²) in [5, 5.41) is 0.928. The van der Waals surface area contributed by atoms with Crippen LogP contribution in [0.25, 0.3) is 10.9 Å². The number of amides is 1. The van der Waals surface area contributed by atoms with Crippen molar-refractivity contribution in [1.82, 2.24) is 4.98 Å². The van der Waals surface area contributed by atoms with Crippen molar-refractivity contribution in [3.8, 4) is 0 Å². The van der Waals surface area contributed by atoms with Gasteiger partial charge in [-0.3, -0.25) is 4.79 Å². The largest absolute Gasteiger partial charge is 0.365 e. The molecular formula is C16H20N4O. The number of hydrogen-bond acceptors (Lipinski definition) is 4. The molecule has 2 heterocycles. The predicted molar refractivity (Wildman–Crippen MR) is 84.2 cm³/mol. The fourth-order valence-corrected chi connectivity index (χ4v) is 3.11. The number of pyridine rings is 1. The molecule has 0 spiro atoms. The minimum Gasteiger partial charge on any atom is -0.365 e. The van der Waals surface area contributed by atoms with E-state index in [-0.39, 0.29) is 0 Å². The third-order valence-electron chi connectivity index (χ3n) is 4.24. The number of aromatic nitrogens is 1. The molecule has 1 aromatic heterocycles. The molecule has 5 nitrogen and oxygen atoms in total. The molecule has 2 unspecified atom stereocenters. The molecule has 1 aliphatic heterocycles. The summed E-state index contributed by atoms with van der Waals surface area (Å²) in [5.41, 5.74) is 12.7. The van der Waals surface area contributed by atoms with Crippen LogP contribution < -0.4 is 16.4 Å². The van der Waals surface area contributed by atoms with Gasteiger partial charge in [-0.15, -0.1) is 0 Å². The van der Waals surface area contributed by atoms with E-state index in [1.807, 2.05) is 30.3 Å². The van der Waals surface area contributed by atoms with Gasteiger partial charge in [-0.2, -0.15) is 0 Å². The van der Waals surface area contributed by atoms with E-state index in [4.69, 9.17) is 11.5 Å². The number of para-hydroxylation sites is 1. The van der Waals surface area contributed by atoms with Gasteiger partial charge in [0.1, 0.15) is 5.82 Å². The molecule has 0 saturated carbocycles. The number of anilines is 1. The molecule has 0 radical (unpaired) electrons. The van der Waals surface area contributed by atoms with Crippen LogP contribution in [0.2, 0.25) is 0 Å². The fraction of sp³-hybridized carbons (Fsp3) is 0.375. The molecular weight excluding hydrogens is 264 g/mol. The maximum atomic E-state index is 11.8. The van der Waals surface area contributed by atoms with Crippen LogP contribution in [-0.2, 0) is 0 Å². The van der Waals surface area contributed by atoms with Gasteiger partial charge in [-0.1, -0.05) is 18.2 Å². The molecule has 1 amide bonds. The van der Waals surface area contributed by atoms with Crippen LogP contribution in [0.5, 0.6) is 0 Å². The van der Waals surface area contributed by atoms with E-state index in [2.05, 4.69) is 16.8 Å². The molecule has 1 aliphatic rings. The highest BCUT2D eigenvalue weighted by Crippen LogP contribution is 2.31. The quantitative estimate of drug-likeness (QED) is 0.894. The van der Waals surface area contributed by atoms with E-state index in [0.29, 0.717) is 29.9 Å². The second kappa shape index (κ2) is 5.33. The number of nitrogens with zero attached hydrogens (tertiary/aromatic N) is 2. The lowest BCUT2D eigenvalue weighted by molar-refractivity contribution is 0.100. The number of carbonyl (C=O) groups excluding carboxylic acids is 1. The topological polar surface area (TPSA) is 85.2 Å². The first-order valence-corrected chi connectivity index (χ1v) is 7.26. The molecule has 110 valence electrons. The predicted octanol–water partition coefficient (Wildman–Crippen LogP) is 1.51. The van der Waals surface area contributed by atoms with Crippen LogP contribution in [-0.4, -0.2) is 30.0 Å². The monoisotopic (exact) mass is 284 g/mol. The Morgan fingerprint density at radius 1 is 1.43 bits per heavy atom. The fourth-order valence-electron chi connectivity index (χ4n) is 3.11. The Hall–Kier alpha value is -2.14. The average Bonchev–Trinajstić information content (AvgIpc) is 2.87. The molecule has 0 bridgehead atoms. The van der Waals surface area contributed by atoms with Crippen LogP contribution >= 0.6 is 0 Å². The number of nitrogens with two attached hydrogens (primary N) is 2. The Labute approximate surface area is 123 Å². The van der Waals surface area contributed by atoms with E-state index < -0.39 is 5.91 Å². The van der Waals surface area contributed by atoms with Gasteiger partial charge in [0.25, 0.3) is 5.91 Å². The van der Waals surface area contributed by atoms with Crippen LogP contribution in [0, 0.1) is 5.92 Å². The summed E-state index contributed by atoms with van der Waals surface area (Å²) in [7, 11) is 0. The van der Waals surface area contributed by atoms with E-state index in [1.165, 1.54) is 0 Å². The second-order valence-corrected chi connectivity index (χ2v) is 5.76. The van der Waals surface area contributed by atoms with E-state index in [0.717, 1.165) is 23.9 Å². The van der Waals surface area contributed by atoms with Crippen molar-refractivity contribution >= 4 is 22.6 Å². The van der Waals surface area contributed by atoms with Gasteiger partial charge in [0.15, 0.2) is 0 Å². The first-order chi connectivity index (χ1) is 10.1. The summed E-state index contributed by atoms with van der Waals surface area (Å²) < 4.78 is 0. The number of hydrogen-bond donors (Lipinski definition) is 2. The Balaban J connectivity index is 2.12. The van der Waals surface area contributed by atoms with Crippen molar-refractivity contribution in [1.29, 1.82) is 0 Å². The lowest BCUT2D eigenvalue weighted by atomic mass is 10.1. The maximum absolute atomic E-state index is 11.8. The van der Waals surface area contributed by atoms with E-state index in [9.17, 15) is 4.79 Å². The molecule has 4 N–H and O–H groups in total. The van der Waals surface area contributed by atoms with Gasteiger partial charge in [0.2, 0.25) is 0 Å². The van der Waals surface area contributed by atoms with Crippen molar-refractivity contribution in [2.75, 3.05) is 18.0 Å². The number of carbonyl (C=O) groups is 1. The summed E-state index contributed by atoms with van der Waals surface area (Å²) in [6, 6.07) is 9.91. The third-order valence-corrected chi connectivity index (χ3v) is 4.24. The summed E-state index contributed by atoms with van der Waals surface area (Å²) in [4.78, 5) is 18.6. The highest BCUT2D eigenvalue weighted by atomic mass is 16.1. The highest BCUT2D eigenvalue weighted by Gasteiger charge is 2.31. The highest BCUT2D eigenvalue weighted by molar-refractivity contribution is 6.01. The van der Waals surface area contributed by atoms with Crippen molar-refractivity contribution in [2.24, 2.45) is 17.4 Å². The van der Waals surface area contributed by atoms with Crippen molar-refractivity contribution < 1.29 is 4.79 Å². The van der Waals surface area contributed by atoms with Crippen LogP contribution in [0.3, 0.4) is 0 Å². The number of benzene rings is 1. The van der Waals surface area contributed by atoms with Crippen LogP contribution in [0.15, 0.2) is 30.3 Å². The van der Waals surface area contributed by atoms with Gasteiger partial charge >= 0.3 is 0 Å². The average molecular weight is 284 g/mol.